The quantitative estimate of drug-likeness (QED) is 0.417. The minimum absolute atomic E-state index is 0.145. The van der Waals surface area contributed by atoms with Crippen LogP contribution in [-0.2, 0) is 6.54 Å². The molecule has 0 fully saturated rings. The molecule has 0 saturated carbocycles. The summed E-state index contributed by atoms with van der Waals surface area (Å²) >= 11 is 1.64. The van der Waals surface area contributed by atoms with E-state index in [0.29, 0.717) is 29.8 Å². The fourth-order valence-corrected chi connectivity index (χ4v) is 3.66. The number of aromatic nitrogens is 1. The number of amides is 1. The number of ether oxygens (including phenoxy) is 1. The van der Waals surface area contributed by atoms with Crippen molar-refractivity contribution < 1.29 is 9.53 Å². The SMILES string of the molecule is CSc1ccc(NC(=O)c2ccc3ccn(CCOc4ccccc4)c(=O)c3c2)cc1. The van der Waals surface area contributed by atoms with Gasteiger partial charge < -0.3 is 14.6 Å². The number of carbonyl (C=O) groups is 1. The fourth-order valence-electron chi connectivity index (χ4n) is 3.25. The molecule has 31 heavy (non-hydrogen) atoms. The predicted octanol–water partition coefficient (Wildman–Crippen LogP) is 5.05. The van der Waals surface area contributed by atoms with Crippen molar-refractivity contribution in [2.24, 2.45) is 0 Å². The molecule has 0 aliphatic carbocycles. The Labute approximate surface area is 184 Å². The van der Waals surface area contributed by atoms with Crippen LogP contribution in [0.15, 0.2) is 94.7 Å². The van der Waals surface area contributed by atoms with Crippen LogP contribution < -0.4 is 15.6 Å². The predicted molar refractivity (Wildman–Crippen MR) is 126 cm³/mol. The molecule has 0 saturated heterocycles. The molecule has 156 valence electrons. The van der Waals surface area contributed by atoms with Gasteiger partial charge in [0.2, 0.25) is 0 Å². The Morgan fingerprint density at radius 1 is 1.00 bits per heavy atom. The van der Waals surface area contributed by atoms with Crippen molar-refractivity contribution in [1.82, 2.24) is 4.57 Å². The van der Waals surface area contributed by atoms with Crippen molar-refractivity contribution in [3.05, 3.63) is 101 Å². The molecule has 6 heteroatoms. The van der Waals surface area contributed by atoms with Gasteiger partial charge in [0.1, 0.15) is 12.4 Å². The summed E-state index contributed by atoms with van der Waals surface area (Å²) in [5, 5.41) is 4.19. The third-order valence-corrected chi connectivity index (χ3v) is 5.68. The van der Waals surface area contributed by atoms with Crippen LogP contribution in [-0.4, -0.2) is 23.3 Å². The molecular formula is C25H22N2O3S. The van der Waals surface area contributed by atoms with Gasteiger partial charge in [-0.25, -0.2) is 0 Å². The standard InChI is InChI=1S/C25H22N2O3S/c1-31-22-11-9-20(10-12-22)26-24(28)19-8-7-18-13-14-27(25(29)23(18)17-19)15-16-30-21-5-3-2-4-6-21/h2-14,17H,15-16H2,1H3,(H,26,28). The number of nitrogens with one attached hydrogen (secondary N) is 1. The maximum Gasteiger partial charge on any atom is 0.258 e. The number of pyridine rings is 1. The highest BCUT2D eigenvalue weighted by molar-refractivity contribution is 7.98. The average Bonchev–Trinajstić information content (AvgIpc) is 2.81. The number of benzene rings is 3. The number of thioether (sulfide) groups is 1. The van der Waals surface area contributed by atoms with Crippen molar-refractivity contribution in [3.63, 3.8) is 0 Å². The summed E-state index contributed by atoms with van der Waals surface area (Å²) in [5.41, 5.74) is 1.01. The second-order valence-electron chi connectivity index (χ2n) is 6.96. The molecule has 0 aliphatic heterocycles. The summed E-state index contributed by atoms with van der Waals surface area (Å²) in [6.07, 6.45) is 3.76. The van der Waals surface area contributed by atoms with Crippen molar-refractivity contribution in [2.75, 3.05) is 18.2 Å². The molecule has 4 rings (SSSR count). The van der Waals surface area contributed by atoms with E-state index in [-0.39, 0.29) is 11.5 Å². The molecule has 0 atom stereocenters. The molecule has 0 unspecified atom stereocenters. The Kier molecular flexibility index (Phi) is 6.38. The molecule has 0 aliphatic rings. The molecule has 0 spiro atoms. The number of hydrogen-bond acceptors (Lipinski definition) is 4. The summed E-state index contributed by atoms with van der Waals surface area (Å²) in [4.78, 5) is 26.8. The van der Waals surface area contributed by atoms with Crippen LogP contribution in [0, 0.1) is 0 Å². The Balaban J connectivity index is 1.50. The van der Waals surface area contributed by atoms with Crippen molar-refractivity contribution >= 4 is 34.1 Å². The van der Waals surface area contributed by atoms with Gasteiger partial charge in [-0.05, 0) is 66.2 Å². The second kappa shape index (κ2) is 9.53. The Bertz CT molecular complexity index is 1250. The molecule has 1 amide bonds. The first-order chi connectivity index (χ1) is 15.1. The maximum absolute atomic E-state index is 12.9. The third kappa shape index (κ3) is 4.98. The molecule has 1 aromatic heterocycles. The number of para-hydroxylation sites is 1. The Morgan fingerprint density at radius 3 is 2.52 bits per heavy atom. The van der Waals surface area contributed by atoms with Crippen LogP contribution in [0.1, 0.15) is 10.4 Å². The normalized spacial score (nSPS) is 10.7. The number of anilines is 1. The monoisotopic (exact) mass is 430 g/mol. The van der Waals surface area contributed by atoms with Gasteiger partial charge in [0.25, 0.3) is 11.5 Å². The smallest absolute Gasteiger partial charge is 0.258 e. The van der Waals surface area contributed by atoms with E-state index in [9.17, 15) is 9.59 Å². The minimum atomic E-state index is -0.249. The largest absolute Gasteiger partial charge is 0.492 e. The number of carbonyl (C=O) groups excluding carboxylic acids is 1. The van der Waals surface area contributed by atoms with Gasteiger partial charge >= 0.3 is 0 Å². The highest BCUT2D eigenvalue weighted by Gasteiger charge is 2.10. The zero-order valence-electron chi connectivity index (χ0n) is 17.1. The van der Waals surface area contributed by atoms with Crippen LogP contribution in [0.2, 0.25) is 0 Å². The third-order valence-electron chi connectivity index (χ3n) is 4.93. The van der Waals surface area contributed by atoms with Crippen LogP contribution in [0.3, 0.4) is 0 Å². The topological polar surface area (TPSA) is 60.3 Å². The second-order valence-corrected chi connectivity index (χ2v) is 7.84. The molecule has 0 bridgehead atoms. The molecule has 0 radical (unpaired) electrons. The first-order valence-electron chi connectivity index (χ1n) is 9.90. The lowest BCUT2D eigenvalue weighted by atomic mass is 10.1. The lowest BCUT2D eigenvalue weighted by Crippen LogP contribution is -2.23. The van der Waals surface area contributed by atoms with Gasteiger partial charge in [-0.3, -0.25) is 9.59 Å². The minimum Gasteiger partial charge on any atom is -0.492 e. The molecule has 5 nitrogen and oxygen atoms in total. The van der Waals surface area contributed by atoms with Gasteiger partial charge in [0.05, 0.1) is 6.54 Å². The Morgan fingerprint density at radius 2 is 1.77 bits per heavy atom. The van der Waals surface area contributed by atoms with Crippen LogP contribution in [0.5, 0.6) is 5.75 Å². The highest BCUT2D eigenvalue weighted by atomic mass is 32.2. The van der Waals surface area contributed by atoms with Gasteiger partial charge in [-0.15, -0.1) is 11.8 Å². The number of fused-ring (bicyclic) bond motifs is 1. The summed E-state index contributed by atoms with van der Waals surface area (Å²) in [6, 6.07) is 24.2. The van der Waals surface area contributed by atoms with E-state index in [1.165, 1.54) is 0 Å². The van der Waals surface area contributed by atoms with Gasteiger partial charge in [-0.2, -0.15) is 0 Å². The summed E-state index contributed by atoms with van der Waals surface area (Å²) in [7, 11) is 0. The van der Waals surface area contributed by atoms with Crippen LogP contribution in [0.25, 0.3) is 10.8 Å². The Hall–Kier alpha value is -3.51. The summed E-state index contributed by atoms with van der Waals surface area (Å²) in [5.74, 6) is 0.516. The van der Waals surface area contributed by atoms with E-state index in [0.717, 1.165) is 16.0 Å². The van der Waals surface area contributed by atoms with E-state index >= 15 is 0 Å². The summed E-state index contributed by atoms with van der Waals surface area (Å²) < 4.78 is 7.30. The van der Waals surface area contributed by atoms with Crippen molar-refractivity contribution in [3.8, 4) is 5.75 Å². The fraction of sp³-hybridized carbons (Fsp3) is 0.120. The summed E-state index contributed by atoms with van der Waals surface area (Å²) in [6.45, 7) is 0.795. The number of rotatable bonds is 7. The molecule has 4 aromatic rings. The number of hydrogen-bond donors (Lipinski definition) is 1. The molecule has 1 N–H and O–H groups in total. The van der Waals surface area contributed by atoms with E-state index in [2.05, 4.69) is 5.32 Å². The first-order valence-corrected chi connectivity index (χ1v) is 11.1. The maximum atomic E-state index is 12.9. The van der Waals surface area contributed by atoms with Crippen molar-refractivity contribution in [2.45, 2.75) is 11.4 Å². The van der Waals surface area contributed by atoms with Crippen LogP contribution in [0.4, 0.5) is 5.69 Å². The van der Waals surface area contributed by atoms with E-state index in [1.54, 1.807) is 40.7 Å². The average molecular weight is 431 g/mol. The van der Waals surface area contributed by atoms with E-state index in [1.807, 2.05) is 66.9 Å². The lowest BCUT2D eigenvalue weighted by Gasteiger charge is -2.10. The first kappa shape index (κ1) is 20.8. The van der Waals surface area contributed by atoms with Gasteiger partial charge in [-0.1, -0.05) is 24.3 Å². The molecule has 3 aromatic carbocycles. The lowest BCUT2D eigenvalue weighted by molar-refractivity contribution is 0.102. The molecular weight excluding hydrogens is 408 g/mol. The van der Waals surface area contributed by atoms with Crippen molar-refractivity contribution in [1.29, 1.82) is 0 Å². The van der Waals surface area contributed by atoms with Crippen LogP contribution >= 0.6 is 11.8 Å². The zero-order valence-corrected chi connectivity index (χ0v) is 17.9. The van der Waals surface area contributed by atoms with E-state index < -0.39 is 0 Å². The van der Waals surface area contributed by atoms with E-state index in [4.69, 9.17) is 4.74 Å². The number of nitrogens with zero attached hydrogens (tertiary/aromatic N) is 1. The van der Waals surface area contributed by atoms with Gasteiger partial charge in [0, 0.05) is 27.7 Å². The highest BCUT2D eigenvalue weighted by Crippen LogP contribution is 2.19. The zero-order chi connectivity index (χ0) is 21.6. The molecule has 1 heterocycles. The van der Waals surface area contributed by atoms with Gasteiger partial charge in [0.15, 0.2) is 0 Å².